The van der Waals surface area contributed by atoms with Crippen molar-refractivity contribution in [2.24, 2.45) is 12.8 Å². The van der Waals surface area contributed by atoms with Crippen molar-refractivity contribution >= 4 is 16.8 Å². The first-order valence-electron chi connectivity index (χ1n) is 10.6. The van der Waals surface area contributed by atoms with Crippen molar-refractivity contribution in [3.63, 3.8) is 0 Å². The molecule has 2 aromatic heterocycles. The Hall–Kier alpha value is -4.46. The van der Waals surface area contributed by atoms with E-state index in [4.69, 9.17) is 10.5 Å². The van der Waals surface area contributed by atoms with E-state index in [1.165, 1.54) is 23.9 Å². The van der Waals surface area contributed by atoms with Crippen molar-refractivity contribution in [1.82, 2.24) is 19.6 Å². The van der Waals surface area contributed by atoms with Crippen LogP contribution in [-0.4, -0.2) is 39.2 Å². The van der Waals surface area contributed by atoms with E-state index in [0.717, 1.165) is 11.1 Å². The van der Waals surface area contributed by atoms with Gasteiger partial charge in [-0.15, -0.1) is 0 Å². The number of aryl methyl sites for hydroxylation is 1. The van der Waals surface area contributed by atoms with Crippen LogP contribution in [0.1, 0.15) is 35.8 Å². The van der Waals surface area contributed by atoms with Gasteiger partial charge in [0.15, 0.2) is 0 Å². The molecule has 0 aliphatic heterocycles. The molecule has 1 amide bonds. The van der Waals surface area contributed by atoms with Gasteiger partial charge in [0, 0.05) is 35.8 Å². The normalized spacial score (nSPS) is 11.3. The molecule has 180 valence electrons. The Bertz CT molecular complexity index is 1480. The minimum atomic E-state index is -3.19. The van der Waals surface area contributed by atoms with E-state index in [2.05, 4.69) is 21.0 Å². The fourth-order valence-electron chi connectivity index (χ4n) is 4.00. The third-order valence-electron chi connectivity index (χ3n) is 5.54. The molecule has 35 heavy (non-hydrogen) atoms. The van der Waals surface area contributed by atoms with Crippen molar-refractivity contribution in [2.45, 2.75) is 26.5 Å². The molecule has 0 aliphatic carbocycles. The van der Waals surface area contributed by atoms with Crippen LogP contribution in [-0.2, 0) is 7.05 Å². The predicted octanol–water partition coefficient (Wildman–Crippen LogP) is 4.27. The number of carbonyl (C=O) groups excluding carboxylic acids is 1. The number of nitrogens with two attached hydrogens (primary N) is 1. The molecule has 2 aromatic carbocycles. The van der Waals surface area contributed by atoms with Crippen LogP contribution in [0.3, 0.4) is 0 Å². The highest BCUT2D eigenvalue weighted by atomic mass is 19.3. The lowest BCUT2D eigenvalue weighted by molar-refractivity contribution is -0.0502. The number of alkyl halides is 2. The minimum Gasteiger partial charge on any atom is -0.496 e. The molecule has 0 saturated carbocycles. The molecule has 0 unspecified atom stereocenters. The van der Waals surface area contributed by atoms with Gasteiger partial charge in [-0.1, -0.05) is 0 Å². The number of aromatic nitrogens is 4. The van der Waals surface area contributed by atoms with Crippen molar-refractivity contribution in [3.8, 4) is 40.0 Å². The molecule has 9 nitrogen and oxygen atoms in total. The first-order chi connectivity index (χ1) is 16.6. The summed E-state index contributed by atoms with van der Waals surface area (Å²) in [5, 5.41) is 19.4. The summed E-state index contributed by atoms with van der Waals surface area (Å²) in [5.41, 5.74) is 8.30. The van der Waals surface area contributed by atoms with Crippen molar-refractivity contribution < 1.29 is 23.0 Å². The van der Waals surface area contributed by atoms with Crippen LogP contribution in [0.2, 0.25) is 0 Å². The van der Waals surface area contributed by atoms with Crippen molar-refractivity contribution in [1.29, 1.82) is 5.26 Å². The van der Waals surface area contributed by atoms with Gasteiger partial charge < -0.3 is 15.2 Å². The van der Waals surface area contributed by atoms with Gasteiger partial charge in [0.2, 0.25) is 0 Å². The zero-order chi connectivity index (χ0) is 25.4. The monoisotopic (exact) mass is 480 g/mol. The van der Waals surface area contributed by atoms with Gasteiger partial charge in [-0.3, -0.25) is 14.2 Å². The highest BCUT2D eigenvalue weighted by Gasteiger charge is 2.24. The molecule has 0 spiro atoms. The Kier molecular flexibility index (Phi) is 6.13. The third-order valence-corrected chi connectivity index (χ3v) is 5.54. The number of fused-ring (bicyclic) bond motifs is 1. The van der Waals surface area contributed by atoms with E-state index >= 15 is 0 Å². The van der Waals surface area contributed by atoms with Crippen LogP contribution in [0.25, 0.3) is 33.3 Å². The lowest BCUT2D eigenvalue weighted by Gasteiger charge is -2.15. The van der Waals surface area contributed by atoms with Crippen LogP contribution in [0.4, 0.5) is 8.78 Å². The second-order valence-electron chi connectivity index (χ2n) is 8.10. The van der Waals surface area contributed by atoms with Gasteiger partial charge >= 0.3 is 6.61 Å². The molecule has 0 bridgehead atoms. The summed E-state index contributed by atoms with van der Waals surface area (Å²) in [6.07, 6.45) is 3.60. The predicted molar refractivity (Wildman–Crippen MR) is 124 cm³/mol. The summed E-state index contributed by atoms with van der Waals surface area (Å²) >= 11 is 0. The number of halogens is 2. The van der Waals surface area contributed by atoms with Crippen LogP contribution in [0.15, 0.2) is 36.7 Å². The van der Waals surface area contributed by atoms with Gasteiger partial charge in [0.25, 0.3) is 5.91 Å². The van der Waals surface area contributed by atoms with Crippen LogP contribution in [0, 0.1) is 11.3 Å². The highest BCUT2D eigenvalue weighted by Crippen LogP contribution is 2.40. The summed E-state index contributed by atoms with van der Waals surface area (Å²) < 4.78 is 39.4. The first kappa shape index (κ1) is 23.7. The summed E-state index contributed by atoms with van der Waals surface area (Å²) in [5.74, 6) is -1.47. The van der Waals surface area contributed by atoms with Gasteiger partial charge in [-0.25, -0.2) is 0 Å². The SMILES string of the molecule is COc1cc(-c2c3c(C#N)cc(-c4cnn(C(C)C)c4)cc3nn2C)cc(OC(F)F)c1C(N)=O. The molecule has 0 saturated heterocycles. The highest BCUT2D eigenvalue weighted by molar-refractivity contribution is 6.03. The number of nitrogens with zero attached hydrogens (tertiary/aromatic N) is 5. The number of hydrogen-bond acceptors (Lipinski definition) is 6. The molecule has 0 aliphatic rings. The Morgan fingerprint density at radius 3 is 2.43 bits per heavy atom. The maximum atomic E-state index is 13.1. The first-order valence-corrected chi connectivity index (χ1v) is 10.6. The standard InChI is InChI=1S/C24H22F2N6O3/c1-12(2)32-11-16(10-29-32)13-5-15(9-27)20-17(6-13)30-31(3)22(20)14-7-18(34-4)21(23(28)33)19(8-14)35-24(25)26/h5-8,10-12,24H,1-4H3,(H2,28,33). The van der Waals surface area contributed by atoms with E-state index in [1.807, 2.05) is 30.8 Å². The molecule has 4 rings (SSSR count). The Morgan fingerprint density at radius 1 is 1.14 bits per heavy atom. The second-order valence-corrected chi connectivity index (χ2v) is 8.10. The number of rotatable bonds is 7. The minimum absolute atomic E-state index is 0.0452. The maximum absolute atomic E-state index is 13.1. The largest absolute Gasteiger partial charge is 0.496 e. The van der Waals surface area contributed by atoms with Crippen LogP contribution in [0.5, 0.6) is 11.5 Å². The van der Waals surface area contributed by atoms with E-state index in [0.29, 0.717) is 27.7 Å². The summed E-state index contributed by atoms with van der Waals surface area (Å²) in [4.78, 5) is 11.9. The molecule has 0 radical (unpaired) electrons. The smallest absolute Gasteiger partial charge is 0.387 e. The Labute approximate surface area is 199 Å². The number of hydrogen-bond donors (Lipinski definition) is 1. The number of primary amides is 1. The number of nitriles is 1. The van der Waals surface area contributed by atoms with Crippen molar-refractivity contribution in [2.75, 3.05) is 7.11 Å². The number of carbonyl (C=O) groups is 1. The van der Waals surface area contributed by atoms with Crippen LogP contribution < -0.4 is 15.2 Å². The average molecular weight is 480 g/mol. The molecular formula is C24H22F2N6O3. The van der Waals surface area contributed by atoms with E-state index < -0.39 is 18.3 Å². The molecule has 2 heterocycles. The second kappa shape index (κ2) is 9.06. The summed E-state index contributed by atoms with van der Waals surface area (Å²) in [6.45, 7) is 0.825. The molecule has 4 aromatic rings. The van der Waals surface area contributed by atoms with E-state index in [9.17, 15) is 18.8 Å². The Balaban J connectivity index is 1.96. The lowest BCUT2D eigenvalue weighted by Crippen LogP contribution is -2.16. The summed E-state index contributed by atoms with van der Waals surface area (Å²) in [7, 11) is 2.94. The topological polar surface area (TPSA) is 121 Å². The molecule has 0 fully saturated rings. The number of methoxy groups -OCH3 is 1. The van der Waals surface area contributed by atoms with E-state index in [-0.39, 0.29) is 17.4 Å². The van der Waals surface area contributed by atoms with Crippen molar-refractivity contribution in [3.05, 3.63) is 47.8 Å². The quantitative estimate of drug-likeness (QED) is 0.422. The zero-order valence-corrected chi connectivity index (χ0v) is 19.4. The fourth-order valence-corrected chi connectivity index (χ4v) is 4.00. The third kappa shape index (κ3) is 4.26. The zero-order valence-electron chi connectivity index (χ0n) is 19.4. The molecule has 2 N–H and O–H groups in total. The fraction of sp³-hybridized carbons (Fsp3) is 0.250. The molecular weight excluding hydrogens is 458 g/mol. The molecule has 11 heteroatoms. The van der Waals surface area contributed by atoms with Gasteiger partial charge in [-0.2, -0.15) is 24.2 Å². The number of amides is 1. The maximum Gasteiger partial charge on any atom is 0.387 e. The Morgan fingerprint density at radius 2 is 1.86 bits per heavy atom. The summed E-state index contributed by atoms with van der Waals surface area (Å²) in [6, 6.07) is 8.65. The van der Waals surface area contributed by atoms with Gasteiger partial charge in [0.1, 0.15) is 17.1 Å². The number of benzene rings is 2. The molecule has 0 atom stereocenters. The lowest BCUT2D eigenvalue weighted by atomic mass is 9.97. The number of ether oxygens (including phenoxy) is 2. The van der Waals surface area contributed by atoms with Gasteiger partial charge in [0.05, 0.1) is 36.1 Å². The van der Waals surface area contributed by atoms with Crippen LogP contribution >= 0.6 is 0 Å². The average Bonchev–Trinajstić information content (AvgIpc) is 3.41. The van der Waals surface area contributed by atoms with E-state index in [1.54, 1.807) is 19.3 Å². The van der Waals surface area contributed by atoms with Gasteiger partial charge in [-0.05, 0) is 43.7 Å².